The van der Waals surface area contributed by atoms with Crippen LogP contribution in [0.2, 0.25) is 5.02 Å². The Morgan fingerprint density at radius 2 is 2.17 bits per heavy atom. The first-order valence-electron chi connectivity index (χ1n) is 7.10. The predicted molar refractivity (Wildman–Crippen MR) is 92.6 cm³/mol. The molecule has 0 bridgehead atoms. The summed E-state index contributed by atoms with van der Waals surface area (Å²) in [5.74, 6) is -0.361. The van der Waals surface area contributed by atoms with Crippen LogP contribution in [0.1, 0.15) is 16.8 Å². The van der Waals surface area contributed by atoms with Gasteiger partial charge in [-0.2, -0.15) is 0 Å². The Morgan fingerprint density at radius 3 is 2.78 bits per heavy atom. The molecule has 6 nitrogen and oxygen atoms in total. The number of ether oxygens (including phenoxy) is 1. The molecular formula is C15H21Cl2N3O3. The fourth-order valence-electron chi connectivity index (χ4n) is 2.18. The first-order chi connectivity index (χ1) is 10.5. The molecule has 1 atom stereocenters. The Hall–Kier alpha value is -1.34. The summed E-state index contributed by atoms with van der Waals surface area (Å²) < 4.78 is 5.49. The number of carbonyl (C=O) groups excluding carboxylic acids is 2. The topological polar surface area (TPSA) is 70.7 Å². The lowest BCUT2D eigenvalue weighted by Gasteiger charge is -2.23. The van der Waals surface area contributed by atoms with Gasteiger partial charge in [0.1, 0.15) is 0 Å². The van der Waals surface area contributed by atoms with Crippen LogP contribution in [0.15, 0.2) is 18.2 Å². The van der Waals surface area contributed by atoms with Gasteiger partial charge in [-0.3, -0.25) is 9.59 Å². The fraction of sp³-hybridized carbons (Fsp3) is 0.467. The molecule has 0 saturated carbocycles. The van der Waals surface area contributed by atoms with Gasteiger partial charge in [0.15, 0.2) is 0 Å². The zero-order valence-corrected chi connectivity index (χ0v) is 14.7. The van der Waals surface area contributed by atoms with Crippen molar-refractivity contribution in [2.45, 2.75) is 12.5 Å². The van der Waals surface area contributed by atoms with Crippen LogP contribution < -0.4 is 10.6 Å². The number of hydrogen-bond acceptors (Lipinski definition) is 4. The number of carbonyl (C=O) groups is 2. The maximum absolute atomic E-state index is 12.0. The van der Waals surface area contributed by atoms with E-state index < -0.39 is 0 Å². The summed E-state index contributed by atoms with van der Waals surface area (Å²) in [6.07, 6.45) is 0.149. The monoisotopic (exact) mass is 361 g/mol. The number of morpholine rings is 1. The van der Waals surface area contributed by atoms with E-state index in [1.807, 2.05) is 0 Å². The molecule has 1 fully saturated rings. The summed E-state index contributed by atoms with van der Waals surface area (Å²) in [5.41, 5.74) is 0.906. The average Bonchev–Trinajstić information content (AvgIpc) is 2.49. The summed E-state index contributed by atoms with van der Waals surface area (Å²) in [7, 11) is 3.30. The first kappa shape index (κ1) is 19.7. The minimum atomic E-state index is -0.207. The van der Waals surface area contributed by atoms with Gasteiger partial charge in [-0.25, -0.2) is 0 Å². The third kappa shape index (κ3) is 5.66. The predicted octanol–water partition coefficient (Wildman–Crippen LogP) is 1.78. The molecule has 2 N–H and O–H groups in total. The summed E-state index contributed by atoms with van der Waals surface area (Å²) >= 11 is 6.04. The van der Waals surface area contributed by atoms with Gasteiger partial charge in [0.25, 0.3) is 5.91 Å². The minimum Gasteiger partial charge on any atom is -0.375 e. The second-order valence-corrected chi connectivity index (χ2v) is 5.75. The number of anilines is 1. The van der Waals surface area contributed by atoms with Crippen LogP contribution in [0.4, 0.5) is 5.69 Å². The molecule has 1 aromatic rings. The smallest absolute Gasteiger partial charge is 0.254 e. The van der Waals surface area contributed by atoms with Gasteiger partial charge in [0.05, 0.1) is 29.7 Å². The van der Waals surface area contributed by atoms with Crippen molar-refractivity contribution in [1.29, 1.82) is 0 Å². The van der Waals surface area contributed by atoms with E-state index in [4.69, 9.17) is 16.3 Å². The summed E-state index contributed by atoms with van der Waals surface area (Å²) in [6, 6.07) is 4.86. The second kappa shape index (κ2) is 9.08. The molecule has 1 heterocycles. The van der Waals surface area contributed by atoms with Crippen LogP contribution >= 0.6 is 24.0 Å². The van der Waals surface area contributed by atoms with E-state index in [1.54, 1.807) is 32.3 Å². The van der Waals surface area contributed by atoms with Gasteiger partial charge in [-0.1, -0.05) is 11.6 Å². The molecule has 1 saturated heterocycles. The van der Waals surface area contributed by atoms with Crippen molar-refractivity contribution >= 4 is 41.5 Å². The minimum absolute atomic E-state index is 0. The van der Waals surface area contributed by atoms with Gasteiger partial charge in [-0.15, -0.1) is 12.4 Å². The van der Waals surface area contributed by atoms with E-state index >= 15 is 0 Å². The van der Waals surface area contributed by atoms with Gasteiger partial charge in [0.2, 0.25) is 5.91 Å². The number of hydrogen-bond donors (Lipinski definition) is 2. The molecule has 8 heteroatoms. The maximum atomic E-state index is 12.0. The van der Waals surface area contributed by atoms with Gasteiger partial charge in [-0.05, 0) is 18.2 Å². The summed E-state index contributed by atoms with van der Waals surface area (Å²) in [4.78, 5) is 25.5. The number of amides is 2. The van der Waals surface area contributed by atoms with Crippen LogP contribution in [-0.2, 0) is 9.53 Å². The molecule has 0 radical (unpaired) electrons. The van der Waals surface area contributed by atoms with E-state index in [0.29, 0.717) is 29.4 Å². The zero-order valence-electron chi connectivity index (χ0n) is 13.1. The number of benzene rings is 1. The van der Waals surface area contributed by atoms with Crippen molar-refractivity contribution in [1.82, 2.24) is 10.2 Å². The third-order valence-electron chi connectivity index (χ3n) is 3.30. The lowest BCUT2D eigenvalue weighted by Crippen LogP contribution is -2.40. The maximum Gasteiger partial charge on any atom is 0.254 e. The fourth-order valence-corrected chi connectivity index (χ4v) is 2.38. The van der Waals surface area contributed by atoms with Crippen LogP contribution in [0.25, 0.3) is 0 Å². The van der Waals surface area contributed by atoms with Crippen LogP contribution in [-0.4, -0.2) is 56.6 Å². The van der Waals surface area contributed by atoms with E-state index in [2.05, 4.69) is 10.6 Å². The molecule has 23 heavy (non-hydrogen) atoms. The Balaban J connectivity index is 0.00000264. The number of rotatable bonds is 4. The highest BCUT2D eigenvalue weighted by molar-refractivity contribution is 6.34. The number of halogens is 2. The summed E-state index contributed by atoms with van der Waals surface area (Å²) in [5, 5.41) is 6.31. The second-order valence-electron chi connectivity index (χ2n) is 5.34. The van der Waals surface area contributed by atoms with Crippen molar-refractivity contribution in [3.8, 4) is 0 Å². The Bertz CT molecular complexity index is 561. The molecule has 1 aliphatic rings. The summed E-state index contributed by atoms with van der Waals surface area (Å²) in [6.45, 7) is 2.09. The average molecular weight is 362 g/mol. The van der Waals surface area contributed by atoms with E-state index in [9.17, 15) is 9.59 Å². The SMILES string of the molecule is CN(C)C(=O)c1cc(NC(=O)CC2CNCCO2)ccc1Cl.Cl. The highest BCUT2D eigenvalue weighted by Gasteiger charge is 2.18. The first-order valence-corrected chi connectivity index (χ1v) is 7.48. The molecule has 2 rings (SSSR count). The molecule has 1 aromatic carbocycles. The highest BCUT2D eigenvalue weighted by Crippen LogP contribution is 2.22. The molecule has 128 valence electrons. The van der Waals surface area contributed by atoms with Crippen molar-refractivity contribution < 1.29 is 14.3 Å². The Labute approximate surface area is 146 Å². The standard InChI is InChI=1S/C15H20ClN3O3.ClH/c1-19(2)15(21)12-7-10(3-4-13(12)16)18-14(20)8-11-9-17-5-6-22-11;/h3-4,7,11,17H,5-6,8-9H2,1-2H3,(H,18,20);1H. The highest BCUT2D eigenvalue weighted by atomic mass is 35.5. The molecule has 0 aliphatic carbocycles. The van der Waals surface area contributed by atoms with E-state index in [0.717, 1.165) is 6.54 Å². The normalized spacial score (nSPS) is 17.1. The Morgan fingerprint density at radius 1 is 1.43 bits per heavy atom. The van der Waals surface area contributed by atoms with Crippen molar-refractivity contribution in [3.63, 3.8) is 0 Å². The van der Waals surface area contributed by atoms with Crippen LogP contribution in [0.5, 0.6) is 0 Å². The van der Waals surface area contributed by atoms with Crippen molar-refractivity contribution in [3.05, 3.63) is 28.8 Å². The quantitative estimate of drug-likeness (QED) is 0.857. The lowest BCUT2D eigenvalue weighted by molar-refractivity contribution is -0.119. The largest absolute Gasteiger partial charge is 0.375 e. The zero-order chi connectivity index (χ0) is 16.1. The molecule has 2 amide bonds. The van der Waals surface area contributed by atoms with Crippen molar-refractivity contribution in [2.24, 2.45) is 0 Å². The molecular weight excluding hydrogens is 341 g/mol. The molecule has 0 aromatic heterocycles. The van der Waals surface area contributed by atoms with Gasteiger partial charge < -0.3 is 20.3 Å². The Kier molecular flexibility index (Phi) is 7.78. The number of nitrogens with one attached hydrogen (secondary N) is 2. The van der Waals surface area contributed by atoms with E-state index in [1.165, 1.54) is 4.90 Å². The molecule has 0 spiro atoms. The molecule has 1 aliphatic heterocycles. The third-order valence-corrected chi connectivity index (χ3v) is 3.63. The lowest BCUT2D eigenvalue weighted by atomic mass is 10.1. The van der Waals surface area contributed by atoms with Crippen LogP contribution in [0.3, 0.4) is 0 Å². The van der Waals surface area contributed by atoms with Crippen LogP contribution in [0, 0.1) is 0 Å². The van der Waals surface area contributed by atoms with Crippen molar-refractivity contribution in [2.75, 3.05) is 39.1 Å². The van der Waals surface area contributed by atoms with Gasteiger partial charge in [0, 0.05) is 32.9 Å². The van der Waals surface area contributed by atoms with E-state index in [-0.39, 0.29) is 36.7 Å². The number of nitrogens with zero attached hydrogens (tertiary/aromatic N) is 1. The molecule has 1 unspecified atom stereocenters. The van der Waals surface area contributed by atoms with Gasteiger partial charge >= 0.3 is 0 Å².